The summed E-state index contributed by atoms with van der Waals surface area (Å²) in [7, 11) is 0. The summed E-state index contributed by atoms with van der Waals surface area (Å²) in [6.07, 6.45) is 0.761. The van der Waals surface area contributed by atoms with Crippen LogP contribution in [0.25, 0.3) is 0 Å². The topological polar surface area (TPSA) is 68.5 Å². The van der Waals surface area contributed by atoms with Crippen LogP contribution in [0.15, 0.2) is 77.4 Å². The van der Waals surface area contributed by atoms with Crippen molar-refractivity contribution in [1.29, 1.82) is 0 Å². The molecular formula is C21H18FNO4. The summed E-state index contributed by atoms with van der Waals surface area (Å²) in [6.45, 7) is 0.374. The highest BCUT2D eigenvalue weighted by Crippen LogP contribution is 2.20. The van der Waals surface area contributed by atoms with E-state index in [4.69, 9.17) is 9.15 Å². The van der Waals surface area contributed by atoms with Crippen LogP contribution in [0.5, 0.6) is 0 Å². The van der Waals surface area contributed by atoms with Crippen molar-refractivity contribution >= 4 is 11.9 Å². The smallest absolute Gasteiger partial charge is 0.375 e. The number of rotatable bonds is 7. The van der Waals surface area contributed by atoms with E-state index < -0.39 is 23.8 Å². The molecule has 0 unspecified atom stereocenters. The van der Waals surface area contributed by atoms with Crippen LogP contribution in [0.1, 0.15) is 27.8 Å². The summed E-state index contributed by atoms with van der Waals surface area (Å²) in [5, 5.41) is 2.75. The maximum atomic E-state index is 13.2. The van der Waals surface area contributed by atoms with Crippen LogP contribution in [0, 0.1) is 5.82 Å². The Morgan fingerprint density at radius 1 is 1.00 bits per heavy atom. The molecule has 138 valence electrons. The number of hydrogen-bond donors (Lipinski definition) is 1. The number of hydrogen-bond acceptors (Lipinski definition) is 4. The number of esters is 1. The quantitative estimate of drug-likeness (QED) is 0.647. The molecule has 0 radical (unpaired) electrons. The van der Waals surface area contributed by atoms with Crippen LogP contribution >= 0.6 is 0 Å². The minimum Gasteiger partial charge on any atom is -0.457 e. The third-order valence-electron chi connectivity index (χ3n) is 3.91. The number of amides is 1. The molecule has 1 amide bonds. The van der Waals surface area contributed by atoms with Crippen molar-refractivity contribution in [3.05, 3.63) is 95.7 Å². The van der Waals surface area contributed by atoms with E-state index in [-0.39, 0.29) is 5.76 Å². The van der Waals surface area contributed by atoms with Crippen LogP contribution in [0.2, 0.25) is 0 Å². The fourth-order valence-electron chi connectivity index (χ4n) is 2.54. The summed E-state index contributed by atoms with van der Waals surface area (Å²) in [5.74, 6) is -1.72. The average Bonchev–Trinajstić information content (AvgIpc) is 3.22. The van der Waals surface area contributed by atoms with Gasteiger partial charge in [-0.15, -0.1) is 0 Å². The van der Waals surface area contributed by atoms with Crippen molar-refractivity contribution in [2.45, 2.75) is 12.5 Å². The molecule has 3 rings (SSSR count). The van der Waals surface area contributed by atoms with Gasteiger partial charge in [-0.2, -0.15) is 0 Å². The lowest BCUT2D eigenvalue weighted by Gasteiger charge is -2.17. The van der Waals surface area contributed by atoms with Gasteiger partial charge >= 0.3 is 5.97 Å². The molecule has 0 bridgehead atoms. The minimum atomic E-state index is -1.21. The summed E-state index contributed by atoms with van der Waals surface area (Å²) in [6, 6.07) is 17.9. The first-order valence-electron chi connectivity index (χ1n) is 8.45. The predicted octanol–water partition coefficient (Wildman–Crippen LogP) is 3.68. The van der Waals surface area contributed by atoms with Crippen LogP contribution in [-0.2, 0) is 16.0 Å². The van der Waals surface area contributed by atoms with Crippen molar-refractivity contribution < 1.29 is 23.1 Å². The second-order valence-electron chi connectivity index (χ2n) is 5.84. The van der Waals surface area contributed by atoms with E-state index >= 15 is 0 Å². The van der Waals surface area contributed by atoms with Crippen molar-refractivity contribution in [1.82, 2.24) is 5.32 Å². The molecule has 0 saturated carbocycles. The summed E-state index contributed by atoms with van der Waals surface area (Å²) in [4.78, 5) is 24.8. The highest BCUT2D eigenvalue weighted by Gasteiger charge is 2.26. The van der Waals surface area contributed by atoms with E-state index in [2.05, 4.69) is 5.32 Å². The summed E-state index contributed by atoms with van der Waals surface area (Å²) < 4.78 is 23.5. The lowest BCUT2D eigenvalue weighted by molar-refractivity contribution is -0.130. The molecule has 0 aliphatic heterocycles. The Morgan fingerprint density at radius 3 is 2.41 bits per heavy atom. The van der Waals surface area contributed by atoms with E-state index in [0.29, 0.717) is 18.5 Å². The number of ether oxygens (including phenoxy) is 1. The van der Waals surface area contributed by atoms with Gasteiger partial charge in [0, 0.05) is 12.1 Å². The Labute approximate surface area is 155 Å². The van der Waals surface area contributed by atoms with Crippen molar-refractivity contribution in [2.75, 3.05) is 6.54 Å². The standard InChI is InChI=1S/C21H18FNO4/c22-17-10-8-16(9-11-17)19(27-21(25)18-7-4-14-26-18)20(24)23-13-12-15-5-2-1-3-6-15/h1-11,14,19H,12-13H2,(H,23,24)/t19-/m0/s1. The first-order valence-corrected chi connectivity index (χ1v) is 8.45. The van der Waals surface area contributed by atoms with E-state index in [1.54, 1.807) is 6.07 Å². The number of benzene rings is 2. The first-order chi connectivity index (χ1) is 13.1. The Hall–Kier alpha value is -3.41. The molecule has 1 aromatic heterocycles. The number of carbonyl (C=O) groups is 2. The van der Waals surface area contributed by atoms with E-state index in [0.717, 1.165) is 5.56 Å². The van der Waals surface area contributed by atoms with Gasteiger partial charge < -0.3 is 14.5 Å². The summed E-state index contributed by atoms with van der Waals surface area (Å²) >= 11 is 0. The maximum Gasteiger partial charge on any atom is 0.375 e. The van der Waals surface area contributed by atoms with Gasteiger partial charge in [0.05, 0.1) is 6.26 Å². The van der Waals surface area contributed by atoms with Gasteiger partial charge in [-0.25, -0.2) is 9.18 Å². The zero-order chi connectivity index (χ0) is 19.1. The Morgan fingerprint density at radius 2 is 1.74 bits per heavy atom. The van der Waals surface area contributed by atoms with Crippen LogP contribution in [0.4, 0.5) is 4.39 Å². The largest absolute Gasteiger partial charge is 0.457 e. The number of furan rings is 1. The van der Waals surface area contributed by atoms with Gasteiger partial charge in [-0.1, -0.05) is 42.5 Å². The molecule has 3 aromatic rings. The molecule has 0 aliphatic rings. The highest BCUT2D eigenvalue weighted by molar-refractivity contribution is 5.90. The zero-order valence-corrected chi connectivity index (χ0v) is 14.4. The fourth-order valence-corrected chi connectivity index (χ4v) is 2.54. The van der Waals surface area contributed by atoms with Crippen LogP contribution < -0.4 is 5.32 Å². The van der Waals surface area contributed by atoms with Crippen molar-refractivity contribution in [3.8, 4) is 0 Å². The second-order valence-corrected chi connectivity index (χ2v) is 5.84. The molecule has 1 N–H and O–H groups in total. The van der Waals surface area contributed by atoms with E-state index in [1.165, 1.54) is 36.6 Å². The molecule has 1 heterocycles. The third-order valence-corrected chi connectivity index (χ3v) is 3.91. The average molecular weight is 367 g/mol. The molecule has 6 heteroatoms. The number of halogens is 1. The molecule has 0 spiro atoms. The normalized spacial score (nSPS) is 11.6. The lowest BCUT2D eigenvalue weighted by Crippen LogP contribution is -2.33. The molecule has 0 fully saturated rings. The van der Waals surface area contributed by atoms with Gasteiger partial charge in [-0.3, -0.25) is 4.79 Å². The fraction of sp³-hybridized carbons (Fsp3) is 0.143. The highest BCUT2D eigenvalue weighted by atomic mass is 19.1. The first kappa shape index (κ1) is 18.4. The molecular weight excluding hydrogens is 349 g/mol. The van der Waals surface area contributed by atoms with Crippen molar-refractivity contribution in [3.63, 3.8) is 0 Å². The van der Waals surface area contributed by atoms with Gasteiger partial charge in [0.15, 0.2) is 0 Å². The van der Waals surface area contributed by atoms with E-state index in [9.17, 15) is 14.0 Å². The minimum absolute atomic E-state index is 0.0146. The maximum absolute atomic E-state index is 13.2. The summed E-state index contributed by atoms with van der Waals surface area (Å²) in [5.41, 5.74) is 1.44. The Kier molecular flexibility index (Phi) is 5.99. The molecule has 27 heavy (non-hydrogen) atoms. The number of nitrogens with one attached hydrogen (secondary N) is 1. The Balaban J connectivity index is 1.69. The monoisotopic (exact) mass is 367 g/mol. The predicted molar refractivity (Wildman–Crippen MR) is 96.4 cm³/mol. The van der Waals surface area contributed by atoms with Gasteiger partial charge in [0.1, 0.15) is 5.82 Å². The van der Waals surface area contributed by atoms with Crippen LogP contribution in [0.3, 0.4) is 0 Å². The van der Waals surface area contributed by atoms with Gasteiger partial charge in [0.25, 0.3) is 5.91 Å². The molecule has 2 aromatic carbocycles. The Bertz CT molecular complexity index is 876. The van der Waals surface area contributed by atoms with E-state index in [1.807, 2.05) is 30.3 Å². The molecule has 1 atom stereocenters. The van der Waals surface area contributed by atoms with Crippen LogP contribution in [-0.4, -0.2) is 18.4 Å². The molecule has 5 nitrogen and oxygen atoms in total. The molecule has 0 aliphatic carbocycles. The van der Waals surface area contributed by atoms with Gasteiger partial charge in [-0.05, 0) is 36.2 Å². The van der Waals surface area contributed by atoms with Crippen molar-refractivity contribution in [2.24, 2.45) is 0 Å². The lowest BCUT2D eigenvalue weighted by atomic mass is 10.1. The third kappa shape index (κ3) is 5.04. The SMILES string of the molecule is O=C(O[C@H](C(=O)NCCc1ccccc1)c1ccc(F)cc1)c1ccco1. The van der Waals surface area contributed by atoms with Gasteiger partial charge in [0.2, 0.25) is 11.9 Å². The second kappa shape index (κ2) is 8.80. The number of carbonyl (C=O) groups excluding carboxylic acids is 2. The zero-order valence-electron chi connectivity index (χ0n) is 14.4. The molecule has 0 saturated heterocycles.